The van der Waals surface area contributed by atoms with Crippen LogP contribution >= 0.6 is 0 Å². The van der Waals surface area contributed by atoms with Gasteiger partial charge in [-0.3, -0.25) is 0 Å². The number of carboxylic acids is 1. The third kappa shape index (κ3) is 2.52. The summed E-state index contributed by atoms with van der Waals surface area (Å²) in [6, 6.07) is 5.06. The maximum atomic E-state index is 10.9. The van der Waals surface area contributed by atoms with E-state index in [2.05, 4.69) is 12.2 Å². The number of hydrogen-bond acceptors (Lipinski definition) is 3. The average Bonchev–Trinajstić information content (AvgIpc) is 3.08. The van der Waals surface area contributed by atoms with Gasteiger partial charge in [0.1, 0.15) is 0 Å². The Bertz CT molecular complexity index is 439. The Morgan fingerprint density at radius 3 is 2.76 bits per heavy atom. The van der Waals surface area contributed by atoms with Crippen molar-refractivity contribution in [3.63, 3.8) is 0 Å². The lowest BCUT2D eigenvalue weighted by Crippen LogP contribution is -2.15. The molecule has 0 spiro atoms. The van der Waals surface area contributed by atoms with Gasteiger partial charge in [-0.15, -0.1) is 0 Å². The Hall–Kier alpha value is -1.71. The molecule has 2 rings (SSSR count). The van der Waals surface area contributed by atoms with Gasteiger partial charge in [-0.05, 0) is 42.9 Å². The molecule has 0 atom stereocenters. The van der Waals surface area contributed by atoms with E-state index in [1.165, 1.54) is 19.3 Å². The largest absolute Gasteiger partial charge is 0.478 e. The summed E-state index contributed by atoms with van der Waals surface area (Å²) in [6.07, 6.45) is 3.69. The molecule has 17 heavy (non-hydrogen) atoms. The van der Waals surface area contributed by atoms with Crippen LogP contribution in [0.3, 0.4) is 0 Å². The van der Waals surface area contributed by atoms with E-state index in [4.69, 9.17) is 10.8 Å². The van der Waals surface area contributed by atoms with Crippen molar-refractivity contribution in [1.29, 1.82) is 0 Å². The molecule has 0 heterocycles. The molecule has 0 amide bonds. The lowest BCUT2D eigenvalue weighted by Gasteiger charge is -2.15. The molecule has 1 saturated carbocycles. The molecule has 0 saturated heterocycles. The summed E-state index contributed by atoms with van der Waals surface area (Å²) in [4.78, 5) is 10.9. The van der Waals surface area contributed by atoms with Crippen molar-refractivity contribution in [3.05, 3.63) is 23.8 Å². The molecule has 0 aliphatic heterocycles. The van der Waals surface area contributed by atoms with Crippen LogP contribution in [0.2, 0.25) is 0 Å². The first-order valence-corrected chi connectivity index (χ1v) is 5.93. The number of nitrogens with two attached hydrogens (primary N) is 1. The van der Waals surface area contributed by atoms with Gasteiger partial charge in [-0.1, -0.05) is 6.92 Å². The number of carbonyl (C=O) groups is 1. The fraction of sp³-hybridized carbons (Fsp3) is 0.462. The molecular formula is C13H18N2O2. The predicted octanol–water partition coefficient (Wildman–Crippen LogP) is 2.57. The molecular weight excluding hydrogens is 216 g/mol. The summed E-state index contributed by atoms with van der Waals surface area (Å²) in [5.74, 6) is -0.984. The first-order chi connectivity index (χ1) is 8.06. The monoisotopic (exact) mass is 234 g/mol. The van der Waals surface area contributed by atoms with Crippen LogP contribution in [0.5, 0.6) is 0 Å². The third-order valence-electron chi connectivity index (χ3n) is 3.66. The van der Waals surface area contributed by atoms with Crippen molar-refractivity contribution in [2.45, 2.75) is 26.2 Å². The zero-order valence-electron chi connectivity index (χ0n) is 9.99. The van der Waals surface area contributed by atoms with Gasteiger partial charge in [0.15, 0.2) is 0 Å². The van der Waals surface area contributed by atoms with Crippen molar-refractivity contribution in [2.24, 2.45) is 5.41 Å². The maximum absolute atomic E-state index is 10.9. The molecule has 4 nitrogen and oxygen atoms in total. The highest BCUT2D eigenvalue weighted by molar-refractivity contribution is 5.94. The summed E-state index contributed by atoms with van der Waals surface area (Å²) in [6.45, 7) is 3.10. The van der Waals surface area contributed by atoms with Gasteiger partial charge in [0.05, 0.1) is 5.56 Å². The summed E-state index contributed by atoms with van der Waals surface area (Å²) in [7, 11) is 0. The number of carboxylic acid groups (broad SMARTS) is 1. The van der Waals surface area contributed by atoms with E-state index >= 15 is 0 Å². The highest BCUT2D eigenvalue weighted by Gasteiger charge is 2.40. The van der Waals surface area contributed by atoms with Crippen LogP contribution in [0.25, 0.3) is 0 Å². The van der Waals surface area contributed by atoms with Crippen molar-refractivity contribution < 1.29 is 9.90 Å². The number of anilines is 2. The second-order valence-corrected chi connectivity index (χ2v) is 4.81. The molecule has 0 aromatic heterocycles. The van der Waals surface area contributed by atoms with Crippen molar-refractivity contribution in [2.75, 3.05) is 17.6 Å². The normalized spacial score (nSPS) is 16.5. The number of rotatable bonds is 5. The molecule has 0 unspecified atom stereocenters. The smallest absolute Gasteiger partial charge is 0.337 e. The van der Waals surface area contributed by atoms with Crippen LogP contribution < -0.4 is 11.1 Å². The SMILES string of the molecule is CCC1(CNc2ccc(N)c(C(=O)O)c2)CC1. The minimum atomic E-state index is -0.984. The average molecular weight is 234 g/mol. The van der Waals surface area contributed by atoms with Gasteiger partial charge in [0.2, 0.25) is 0 Å². The van der Waals surface area contributed by atoms with Crippen molar-refractivity contribution >= 4 is 17.3 Å². The summed E-state index contributed by atoms with van der Waals surface area (Å²) >= 11 is 0. The van der Waals surface area contributed by atoms with Crippen molar-refractivity contribution in [3.8, 4) is 0 Å². The van der Waals surface area contributed by atoms with E-state index in [0.717, 1.165) is 12.2 Å². The summed E-state index contributed by atoms with van der Waals surface area (Å²) in [5.41, 5.74) is 7.34. The van der Waals surface area contributed by atoms with Crippen LogP contribution in [0.15, 0.2) is 18.2 Å². The Balaban J connectivity index is 2.06. The van der Waals surface area contributed by atoms with Gasteiger partial charge in [0.25, 0.3) is 0 Å². The minimum Gasteiger partial charge on any atom is -0.478 e. The van der Waals surface area contributed by atoms with Crippen molar-refractivity contribution in [1.82, 2.24) is 0 Å². The van der Waals surface area contributed by atoms with E-state index in [-0.39, 0.29) is 5.56 Å². The van der Waals surface area contributed by atoms with Gasteiger partial charge >= 0.3 is 5.97 Å². The molecule has 0 radical (unpaired) electrons. The second-order valence-electron chi connectivity index (χ2n) is 4.81. The second kappa shape index (κ2) is 4.28. The summed E-state index contributed by atoms with van der Waals surface area (Å²) < 4.78 is 0. The summed E-state index contributed by atoms with van der Waals surface area (Å²) in [5, 5.41) is 12.3. The van der Waals surface area contributed by atoms with Crippen LogP contribution in [0.1, 0.15) is 36.5 Å². The number of benzene rings is 1. The van der Waals surface area contributed by atoms with E-state index < -0.39 is 5.97 Å². The van der Waals surface area contributed by atoms with Crippen LogP contribution in [0, 0.1) is 5.41 Å². The minimum absolute atomic E-state index is 0.163. The highest BCUT2D eigenvalue weighted by atomic mass is 16.4. The molecule has 4 heteroatoms. The zero-order valence-corrected chi connectivity index (χ0v) is 9.99. The number of hydrogen-bond donors (Lipinski definition) is 3. The third-order valence-corrected chi connectivity index (χ3v) is 3.66. The van der Waals surface area contributed by atoms with Gasteiger partial charge in [0, 0.05) is 17.9 Å². The Labute approximate surface area is 101 Å². The fourth-order valence-corrected chi connectivity index (χ4v) is 1.97. The predicted molar refractivity (Wildman–Crippen MR) is 68.3 cm³/mol. The van der Waals surface area contributed by atoms with E-state index in [1.807, 2.05) is 6.07 Å². The van der Waals surface area contributed by atoms with E-state index in [0.29, 0.717) is 11.1 Å². The molecule has 4 N–H and O–H groups in total. The molecule has 1 aromatic carbocycles. The van der Waals surface area contributed by atoms with Gasteiger partial charge in [-0.25, -0.2) is 4.79 Å². The molecule has 92 valence electrons. The van der Waals surface area contributed by atoms with Crippen LogP contribution in [-0.4, -0.2) is 17.6 Å². The van der Waals surface area contributed by atoms with Gasteiger partial charge < -0.3 is 16.2 Å². The molecule has 1 aromatic rings. The molecule has 1 fully saturated rings. The van der Waals surface area contributed by atoms with Gasteiger partial charge in [-0.2, -0.15) is 0 Å². The Morgan fingerprint density at radius 1 is 1.53 bits per heavy atom. The topological polar surface area (TPSA) is 75.3 Å². The maximum Gasteiger partial charge on any atom is 0.337 e. The Morgan fingerprint density at radius 2 is 2.24 bits per heavy atom. The van der Waals surface area contributed by atoms with Crippen LogP contribution in [-0.2, 0) is 0 Å². The highest BCUT2D eigenvalue weighted by Crippen LogP contribution is 2.48. The van der Waals surface area contributed by atoms with E-state index in [1.54, 1.807) is 12.1 Å². The lowest BCUT2D eigenvalue weighted by molar-refractivity contribution is 0.0698. The quantitative estimate of drug-likeness (QED) is 0.684. The zero-order chi connectivity index (χ0) is 12.5. The first-order valence-electron chi connectivity index (χ1n) is 5.93. The molecule has 0 bridgehead atoms. The fourth-order valence-electron chi connectivity index (χ4n) is 1.97. The number of nitrogen functional groups attached to an aromatic ring is 1. The standard InChI is InChI=1S/C13H18N2O2/c1-2-13(5-6-13)8-15-9-3-4-11(14)10(7-9)12(16)17/h3-4,7,15H,2,5-6,8,14H2,1H3,(H,16,17). The molecule has 1 aliphatic carbocycles. The number of nitrogens with one attached hydrogen (secondary N) is 1. The Kier molecular flexibility index (Phi) is 2.96. The van der Waals surface area contributed by atoms with Crippen LogP contribution in [0.4, 0.5) is 11.4 Å². The number of aromatic carboxylic acids is 1. The molecule has 1 aliphatic rings. The lowest BCUT2D eigenvalue weighted by atomic mass is 10.0. The first kappa shape index (κ1) is 11.8. The van der Waals surface area contributed by atoms with E-state index in [9.17, 15) is 4.79 Å².